The fraction of sp³-hybridized carbons (Fsp3) is 0.615. The molecule has 1 aliphatic rings. The standard InChI is InChI=1S/C13H20N2O4.ClH/c1-9-12(13(16)17-2)5-10(19-9)7-15-3-4-18-11(6-14)8-15;/h5,11H,3-4,6-8,14H2,1-2H3;1H. The van der Waals surface area contributed by atoms with Crippen molar-refractivity contribution in [3.8, 4) is 0 Å². The third-order valence-corrected chi connectivity index (χ3v) is 3.24. The zero-order valence-electron chi connectivity index (χ0n) is 11.8. The molecule has 1 unspecified atom stereocenters. The highest BCUT2D eigenvalue weighted by Gasteiger charge is 2.22. The average Bonchev–Trinajstić information content (AvgIpc) is 2.79. The molecule has 0 spiro atoms. The number of ether oxygens (including phenoxy) is 2. The van der Waals surface area contributed by atoms with E-state index < -0.39 is 0 Å². The van der Waals surface area contributed by atoms with E-state index in [4.69, 9.17) is 19.6 Å². The molecule has 1 aliphatic heterocycles. The van der Waals surface area contributed by atoms with Gasteiger partial charge < -0.3 is 19.6 Å². The topological polar surface area (TPSA) is 77.9 Å². The number of esters is 1. The SMILES string of the molecule is COC(=O)c1cc(CN2CCOC(CN)C2)oc1C.Cl. The maximum Gasteiger partial charge on any atom is 0.341 e. The summed E-state index contributed by atoms with van der Waals surface area (Å²) < 4.78 is 15.8. The van der Waals surface area contributed by atoms with Crippen LogP contribution in [0.15, 0.2) is 10.5 Å². The Morgan fingerprint density at radius 2 is 2.35 bits per heavy atom. The molecule has 1 aromatic rings. The summed E-state index contributed by atoms with van der Waals surface area (Å²) in [5, 5.41) is 0. The van der Waals surface area contributed by atoms with Crippen LogP contribution in [0.5, 0.6) is 0 Å². The van der Waals surface area contributed by atoms with Crippen molar-refractivity contribution in [1.29, 1.82) is 0 Å². The molecule has 1 saturated heterocycles. The van der Waals surface area contributed by atoms with E-state index in [0.29, 0.717) is 31.0 Å². The molecule has 1 fully saturated rings. The van der Waals surface area contributed by atoms with Crippen LogP contribution in [-0.2, 0) is 16.0 Å². The Balaban J connectivity index is 0.00000200. The molecule has 0 bridgehead atoms. The van der Waals surface area contributed by atoms with Gasteiger partial charge in [0.2, 0.25) is 0 Å². The normalized spacial score (nSPS) is 19.4. The predicted octanol–water partition coefficient (Wildman–Crippen LogP) is 0.956. The van der Waals surface area contributed by atoms with Gasteiger partial charge in [0, 0.05) is 19.6 Å². The van der Waals surface area contributed by atoms with E-state index in [2.05, 4.69) is 4.90 Å². The predicted molar refractivity (Wildman–Crippen MR) is 76.1 cm³/mol. The van der Waals surface area contributed by atoms with E-state index >= 15 is 0 Å². The summed E-state index contributed by atoms with van der Waals surface area (Å²) >= 11 is 0. The van der Waals surface area contributed by atoms with Gasteiger partial charge in [0.05, 0.1) is 26.4 Å². The lowest BCUT2D eigenvalue weighted by molar-refractivity contribution is -0.0279. The fourth-order valence-electron chi connectivity index (χ4n) is 2.22. The first kappa shape index (κ1) is 17.0. The molecule has 0 amide bonds. The number of carbonyl (C=O) groups is 1. The number of hydrogen-bond acceptors (Lipinski definition) is 6. The van der Waals surface area contributed by atoms with E-state index in [1.54, 1.807) is 13.0 Å². The van der Waals surface area contributed by atoms with Gasteiger partial charge in [-0.05, 0) is 13.0 Å². The zero-order valence-corrected chi connectivity index (χ0v) is 12.6. The Morgan fingerprint density at radius 3 is 3.00 bits per heavy atom. The molecular formula is C13H21ClN2O4. The van der Waals surface area contributed by atoms with Crippen LogP contribution in [-0.4, -0.2) is 50.3 Å². The second-order valence-electron chi connectivity index (χ2n) is 4.64. The highest BCUT2D eigenvalue weighted by Crippen LogP contribution is 2.18. The quantitative estimate of drug-likeness (QED) is 0.835. The maximum absolute atomic E-state index is 11.5. The van der Waals surface area contributed by atoms with Crippen LogP contribution in [0.1, 0.15) is 21.9 Å². The summed E-state index contributed by atoms with van der Waals surface area (Å²) in [5.41, 5.74) is 6.10. The summed E-state index contributed by atoms with van der Waals surface area (Å²) in [5.74, 6) is 0.982. The minimum atomic E-state index is -0.366. The van der Waals surface area contributed by atoms with Gasteiger partial charge in [-0.2, -0.15) is 0 Å². The minimum absolute atomic E-state index is 0. The fourth-order valence-corrected chi connectivity index (χ4v) is 2.22. The lowest BCUT2D eigenvalue weighted by Gasteiger charge is -2.31. The molecule has 2 heterocycles. The molecule has 20 heavy (non-hydrogen) atoms. The summed E-state index contributed by atoms with van der Waals surface area (Å²) in [6.45, 7) is 5.22. The van der Waals surface area contributed by atoms with E-state index in [1.807, 2.05) is 0 Å². The van der Waals surface area contributed by atoms with E-state index in [1.165, 1.54) is 7.11 Å². The van der Waals surface area contributed by atoms with Crippen molar-refractivity contribution in [2.75, 3.05) is 33.4 Å². The van der Waals surface area contributed by atoms with E-state index in [9.17, 15) is 4.79 Å². The van der Waals surface area contributed by atoms with Crippen LogP contribution in [0.4, 0.5) is 0 Å². The molecule has 2 N–H and O–H groups in total. The van der Waals surface area contributed by atoms with Crippen LogP contribution in [0.2, 0.25) is 0 Å². The molecular weight excluding hydrogens is 284 g/mol. The van der Waals surface area contributed by atoms with Crippen molar-refractivity contribution in [1.82, 2.24) is 4.90 Å². The highest BCUT2D eigenvalue weighted by atomic mass is 35.5. The van der Waals surface area contributed by atoms with Gasteiger partial charge in [-0.15, -0.1) is 12.4 Å². The second kappa shape index (κ2) is 7.64. The number of halogens is 1. The van der Waals surface area contributed by atoms with Crippen LogP contribution < -0.4 is 5.73 Å². The van der Waals surface area contributed by atoms with Crippen molar-refractivity contribution in [3.05, 3.63) is 23.2 Å². The molecule has 0 radical (unpaired) electrons. The van der Waals surface area contributed by atoms with Gasteiger partial charge in [-0.3, -0.25) is 4.90 Å². The number of morpholine rings is 1. The molecule has 0 saturated carbocycles. The van der Waals surface area contributed by atoms with Crippen LogP contribution in [0, 0.1) is 6.92 Å². The number of carbonyl (C=O) groups excluding carboxylic acids is 1. The largest absolute Gasteiger partial charge is 0.465 e. The Hall–Kier alpha value is -1.08. The van der Waals surface area contributed by atoms with Gasteiger partial charge in [0.15, 0.2) is 0 Å². The Bertz CT molecular complexity index is 450. The smallest absolute Gasteiger partial charge is 0.341 e. The Labute approximate surface area is 124 Å². The summed E-state index contributed by atoms with van der Waals surface area (Å²) in [4.78, 5) is 13.7. The molecule has 7 heteroatoms. The molecule has 114 valence electrons. The third-order valence-electron chi connectivity index (χ3n) is 3.24. The Morgan fingerprint density at radius 1 is 1.60 bits per heavy atom. The minimum Gasteiger partial charge on any atom is -0.465 e. The molecule has 1 aromatic heterocycles. The lowest BCUT2D eigenvalue weighted by atomic mass is 10.2. The van der Waals surface area contributed by atoms with Crippen molar-refractivity contribution >= 4 is 18.4 Å². The van der Waals surface area contributed by atoms with Crippen molar-refractivity contribution in [2.45, 2.75) is 19.6 Å². The number of aryl methyl sites for hydroxylation is 1. The molecule has 2 rings (SSSR count). The number of nitrogens with zero attached hydrogens (tertiary/aromatic N) is 1. The lowest BCUT2D eigenvalue weighted by Crippen LogP contribution is -2.45. The summed E-state index contributed by atoms with van der Waals surface area (Å²) in [6, 6.07) is 1.74. The van der Waals surface area contributed by atoms with E-state index in [-0.39, 0.29) is 24.5 Å². The molecule has 1 atom stereocenters. The van der Waals surface area contributed by atoms with Crippen LogP contribution in [0.25, 0.3) is 0 Å². The monoisotopic (exact) mass is 304 g/mol. The van der Waals surface area contributed by atoms with Crippen molar-refractivity contribution < 1.29 is 18.7 Å². The van der Waals surface area contributed by atoms with Crippen molar-refractivity contribution in [2.24, 2.45) is 5.73 Å². The number of nitrogens with two attached hydrogens (primary N) is 1. The number of rotatable bonds is 4. The first-order chi connectivity index (χ1) is 9.13. The number of hydrogen-bond donors (Lipinski definition) is 1. The number of methoxy groups -OCH3 is 1. The second-order valence-corrected chi connectivity index (χ2v) is 4.64. The van der Waals surface area contributed by atoms with Gasteiger partial charge in [0.25, 0.3) is 0 Å². The maximum atomic E-state index is 11.5. The van der Waals surface area contributed by atoms with Crippen LogP contribution in [0.3, 0.4) is 0 Å². The highest BCUT2D eigenvalue weighted by molar-refractivity contribution is 5.90. The van der Waals surface area contributed by atoms with Gasteiger partial charge in [-0.1, -0.05) is 0 Å². The number of furan rings is 1. The van der Waals surface area contributed by atoms with Gasteiger partial charge in [0.1, 0.15) is 17.1 Å². The Kier molecular flexibility index (Phi) is 6.48. The average molecular weight is 305 g/mol. The first-order valence-electron chi connectivity index (χ1n) is 6.35. The first-order valence-corrected chi connectivity index (χ1v) is 6.35. The van der Waals surface area contributed by atoms with Crippen molar-refractivity contribution in [3.63, 3.8) is 0 Å². The van der Waals surface area contributed by atoms with Crippen LogP contribution >= 0.6 is 12.4 Å². The zero-order chi connectivity index (χ0) is 13.8. The summed E-state index contributed by atoms with van der Waals surface area (Å²) in [6.07, 6.45) is 0.0740. The van der Waals surface area contributed by atoms with E-state index in [0.717, 1.165) is 18.8 Å². The van der Waals surface area contributed by atoms with Gasteiger partial charge >= 0.3 is 5.97 Å². The molecule has 0 aromatic carbocycles. The van der Waals surface area contributed by atoms with Gasteiger partial charge in [-0.25, -0.2) is 4.79 Å². The third kappa shape index (κ3) is 3.96. The summed E-state index contributed by atoms with van der Waals surface area (Å²) in [7, 11) is 1.36. The molecule has 6 nitrogen and oxygen atoms in total. The molecule has 0 aliphatic carbocycles.